The number of hydrogen-bond acceptors (Lipinski definition) is 1. The summed E-state index contributed by atoms with van der Waals surface area (Å²) in [7, 11) is 0. The molecule has 1 aromatic heterocycles. The van der Waals surface area contributed by atoms with Crippen molar-refractivity contribution in [3.8, 4) is 0 Å². The first-order valence-electron chi connectivity index (χ1n) is 4.12. The maximum Gasteiger partial charge on any atom is 0.280 e. The molecule has 2 rings (SSSR count). The van der Waals surface area contributed by atoms with Crippen molar-refractivity contribution in [3.63, 3.8) is 0 Å². The summed E-state index contributed by atoms with van der Waals surface area (Å²) in [4.78, 5) is 3.88. The molecule has 0 bridgehead atoms. The van der Waals surface area contributed by atoms with Crippen LogP contribution in [0.1, 0.15) is 12.1 Å². The van der Waals surface area contributed by atoms with Gasteiger partial charge < -0.3 is 0 Å². The van der Waals surface area contributed by atoms with E-state index in [1.54, 1.807) is 12.1 Å². The molecular formula is C10H5Br2F2N. The van der Waals surface area contributed by atoms with Crippen LogP contribution >= 0.6 is 31.9 Å². The fraction of sp³-hybridized carbons (Fsp3) is 0.100. The molecule has 0 fully saturated rings. The summed E-state index contributed by atoms with van der Waals surface area (Å²) < 4.78 is 26.4. The number of alkyl halides is 2. The van der Waals surface area contributed by atoms with E-state index in [9.17, 15) is 8.78 Å². The second kappa shape index (κ2) is 4.14. The van der Waals surface area contributed by atoms with Gasteiger partial charge in [0.25, 0.3) is 6.43 Å². The van der Waals surface area contributed by atoms with Crippen molar-refractivity contribution in [2.75, 3.05) is 0 Å². The number of benzene rings is 1. The number of nitrogens with zero attached hydrogens (tertiary/aromatic N) is 1. The standard InChI is InChI=1S/C10H5Br2F2N/c11-5-1-2-8-6(3-5)7(12)4-9(15-8)10(13)14/h1-4,10H. The summed E-state index contributed by atoms with van der Waals surface area (Å²) in [5, 5.41) is 0.814. The zero-order valence-corrected chi connectivity index (χ0v) is 10.5. The van der Waals surface area contributed by atoms with E-state index in [1.165, 1.54) is 6.07 Å². The lowest BCUT2D eigenvalue weighted by molar-refractivity contribution is 0.146. The quantitative estimate of drug-likeness (QED) is 0.735. The van der Waals surface area contributed by atoms with E-state index in [2.05, 4.69) is 36.8 Å². The molecule has 78 valence electrons. The molecule has 0 aliphatic heterocycles. The molecule has 0 N–H and O–H groups in total. The van der Waals surface area contributed by atoms with Crippen molar-refractivity contribution in [2.24, 2.45) is 0 Å². The number of halogens is 4. The van der Waals surface area contributed by atoms with Crippen LogP contribution in [-0.4, -0.2) is 4.98 Å². The van der Waals surface area contributed by atoms with Crippen molar-refractivity contribution >= 4 is 42.8 Å². The Balaban J connectivity index is 2.73. The summed E-state index contributed by atoms with van der Waals surface area (Å²) in [6.07, 6.45) is -2.55. The van der Waals surface area contributed by atoms with Gasteiger partial charge in [0.1, 0.15) is 5.69 Å². The largest absolute Gasteiger partial charge is 0.280 e. The molecule has 0 amide bonds. The second-order valence-electron chi connectivity index (χ2n) is 2.99. The van der Waals surface area contributed by atoms with Gasteiger partial charge in [-0.15, -0.1) is 0 Å². The summed E-state index contributed by atoms with van der Waals surface area (Å²) in [6.45, 7) is 0. The Hall–Kier alpha value is -0.550. The van der Waals surface area contributed by atoms with Crippen LogP contribution in [0.5, 0.6) is 0 Å². The minimum atomic E-state index is -2.55. The van der Waals surface area contributed by atoms with E-state index >= 15 is 0 Å². The van der Waals surface area contributed by atoms with Crippen LogP contribution in [0.4, 0.5) is 8.78 Å². The third kappa shape index (κ3) is 2.18. The minimum Gasteiger partial charge on any atom is -0.247 e. The molecule has 0 unspecified atom stereocenters. The van der Waals surface area contributed by atoms with E-state index in [0.717, 1.165) is 9.86 Å². The highest BCUT2D eigenvalue weighted by Gasteiger charge is 2.12. The molecule has 5 heteroatoms. The lowest BCUT2D eigenvalue weighted by Gasteiger charge is -2.04. The van der Waals surface area contributed by atoms with Crippen molar-refractivity contribution in [1.82, 2.24) is 4.98 Å². The van der Waals surface area contributed by atoms with Crippen LogP contribution < -0.4 is 0 Å². The Morgan fingerprint density at radius 3 is 2.53 bits per heavy atom. The molecule has 0 radical (unpaired) electrons. The van der Waals surface area contributed by atoms with Crippen LogP contribution in [0.25, 0.3) is 10.9 Å². The van der Waals surface area contributed by atoms with Gasteiger partial charge in [-0.1, -0.05) is 31.9 Å². The van der Waals surface area contributed by atoms with Crippen LogP contribution in [0, 0.1) is 0 Å². The summed E-state index contributed by atoms with van der Waals surface area (Å²) in [5.41, 5.74) is 0.347. The van der Waals surface area contributed by atoms with Gasteiger partial charge in [-0.05, 0) is 24.3 Å². The molecule has 0 saturated heterocycles. The average molecular weight is 337 g/mol. The van der Waals surface area contributed by atoms with Crippen LogP contribution in [-0.2, 0) is 0 Å². The molecule has 1 aromatic carbocycles. The number of aromatic nitrogens is 1. The van der Waals surface area contributed by atoms with Gasteiger partial charge >= 0.3 is 0 Å². The summed E-state index contributed by atoms with van der Waals surface area (Å²) in [5.74, 6) is 0. The molecule has 1 heterocycles. The zero-order chi connectivity index (χ0) is 11.0. The maximum atomic E-state index is 12.5. The number of fused-ring (bicyclic) bond motifs is 1. The SMILES string of the molecule is FC(F)c1cc(Br)c2cc(Br)ccc2n1. The van der Waals surface area contributed by atoms with E-state index in [0.29, 0.717) is 9.99 Å². The highest BCUT2D eigenvalue weighted by atomic mass is 79.9. The number of rotatable bonds is 1. The smallest absolute Gasteiger partial charge is 0.247 e. The van der Waals surface area contributed by atoms with Gasteiger partial charge in [-0.25, -0.2) is 13.8 Å². The Morgan fingerprint density at radius 2 is 1.87 bits per heavy atom. The second-order valence-corrected chi connectivity index (χ2v) is 4.76. The molecule has 15 heavy (non-hydrogen) atoms. The average Bonchev–Trinajstić information content (AvgIpc) is 2.18. The highest BCUT2D eigenvalue weighted by molar-refractivity contribution is 9.11. The topological polar surface area (TPSA) is 12.9 Å². The summed E-state index contributed by atoms with van der Waals surface area (Å²) >= 11 is 6.57. The number of hydrogen-bond donors (Lipinski definition) is 0. The zero-order valence-electron chi connectivity index (χ0n) is 7.35. The van der Waals surface area contributed by atoms with E-state index in [4.69, 9.17) is 0 Å². The first-order valence-corrected chi connectivity index (χ1v) is 5.70. The molecular weight excluding hydrogens is 332 g/mol. The number of pyridine rings is 1. The molecule has 0 aliphatic carbocycles. The predicted octanol–water partition coefficient (Wildman–Crippen LogP) is 4.70. The monoisotopic (exact) mass is 335 g/mol. The third-order valence-corrected chi connectivity index (χ3v) is 3.11. The Morgan fingerprint density at radius 1 is 1.13 bits per heavy atom. The minimum absolute atomic E-state index is 0.211. The van der Waals surface area contributed by atoms with Gasteiger partial charge in [-0.2, -0.15) is 0 Å². The molecule has 0 aliphatic rings. The Labute approximate surface area is 102 Å². The summed E-state index contributed by atoms with van der Waals surface area (Å²) in [6, 6.07) is 6.66. The maximum absolute atomic E-state index is 12.5. The highest BCUT2D eigenvalue weighted by Crippen LogP contribution is 2.29. The third-order valence-electron chi connectivity index (χ3n) is 1.96. The van der Waals surface area contributed by atoms with Crippen molar-refractivity contribution in [3.05, 3.63) is 38.9 Å². The van der Waals surface area contributed by atoms with Crippen molar-refractivity contribution < 1.29 is 8.78 Å². The van der Waals surface area contributed by atoms with Crippen LogP contribution in [0.3, 0.4) is 0 Å². The first-order chi connectivity index (χ1) is 7.08. The Bertz CT molecular complexity index is 514. The van der Waals surface area contributed by atoms with Gasteiger partial charge in [0.05, 0.1) is 5.52 Å². The van der Waals surface area contributed by atoms with Gasteiger partial charge in [-0.3, -0.25) is 0 Å². The lowest BCUT2D eigenvalue weighted by Crippen LogP contribution is -1.91. The van der Waals surface area contributed by atoms with Crippen molar-refractivity contribution in [2.45, 2.75) is 6.43 Å². The van der Waals surface area contributed by atoms with Gasteiger partial charge in [0.15, 0.2) is 0 Å². The Kier molecular flexibility index (Phi) is 3.02. The van der Waals surface area contributed by atoms with Gasteiger partial charge in [0, 0.05) is 14.3 Å². The first kappa shape index (κ1) is 11.0. The van der Waals surface area contributed by atoms with Crippen LogP contribution in [0.15, 0.2) is 33.2 Å². The molecule has 2 aromatic rings. The lowest BCUT2D eigenvalue weighted by atomic mass is 10.2. The van der Waals surface area contributed by atoms with Crippen LogP contribution in [0.2, 0.25) is 0 Å². The van der Waals surface area contributed by atoms with E-state index < -0.39 is 6.43 Å². The fourth-order valence-electron chi connectivity index (χ4n) is 1.29. The van der Waals surface area contributed by atoms with Gasteiger partial charge in [0.2, 0.25) is 0 Å². The van der Waals surface area contributed by atoms with E-state index in [-0.39, 0.29) is 5.69 Å². The molecule has 0 atom stereocenters. The fourth-order valence-corrected chi connectivity index (χ4v) is 2.20. The molecule has 0 saturated carbocycles. The predicted molar refractivity (Wildman–Crippen MR) is 62.1 cm³/mol. The molecule has 1 nitrogen and oxygen atoms in total. The normalized spacial score (nSPS) is 11.3. The van der Waals surface area contributed by atoms with E-state index in [1.807, 2.05) is 6.07 Å². The van der Waals surface area contributed by atoms with Crippen molar-refractivity contribution in [1.29, 1.82) is 0 Å². The molecule has 0 spiro atoms.